The van der Waals surface area contributed by atoms with Crippen LogP contribution < -0.4 is 16.0 Å². The van der Waals surface area contributed by atoms with E-state index in [1.165, 1.54) is 6.08 Å². The van der Waals surface area contributed by atoms with Crippen LogP contribution in [0.3, 0.4) is 0 Å². The summed E-state index contributed by atoms with van der Waals surface area (Å²) in [4.78, 5) is 15.2. The van der Waals surface area contributed by atoms with Crippen molar-refractivity contribution in [1.82, 2.24) is 0 Å². The molecular formula is C14H16BNO3. The summed E-state index contributed by atoms with van der Waals surface area (Å²) in [6.45, 7) is 8.06. The van der Waals surface area contributed by atoms with Gasteiger partial charge in [-0.25, -0.2) is 4.99 Å². The number of carbonyl (C=O) groups is 1. The highest BCUT2D eigenvalue weighted by Crippen LogP contribution is 2.36. The van der Waals surface area contributed by atoms with Gasteiger partial charge in [0.1, 0.15) is 0 Å². The Labute approximate surface area is 112 Å². The summed E-state index contributed by atoms with van der Waals surface area (Å²) in [6, 6.07) is 5.66. The van der Waals surface area contributed by atoms with Crippen molar-refractivity contribution < 1.29 is 14.1 Å². The minimum Gasteiger partial charge on any atom is -0.399 e. The molecule has 0 unspecified atom stereocenters. The first kappa shape index (κ1) is 12.6. The molecule has 0 bridgehead atoms. The van der Waals surface area contributed by atoms with E-state index in [1.807, 2.05) is 45.9 Å². The van der Waals surface area contributed by atoms with Crippen molar-refractivity contribution in [2.24, 2.45) is 4.99 Å². The fourth-order valence-corrected chi connectivity index (χ4v) is 2.19. The molecular weight excluding hydrogens is 241 g/mol. The molecule has 0 saturated carbocycles. The van der Waals surface area contributed by atoms with Crippen LogP contribution in [0.15, 0.2) is 23.2 Å². The lowest BCUT2D eigenvalue weighted by atomic mass is 9.79. The van der Waals surface area contributed by atoms with Crippen molar-refractivity contribution in [3.8, 4) is 0 Å². The zero-order valence-electron chi connectivity index (χ0n) is 11.6. The van der Waals surface area contributed by atoms with Gasteiger partial charge in [-0.3, -0.25) is 4.79 Å². The van der Waals surface area contributed by atoms with E-state index in [0.717, 1.165) is 10.7 Å². The molecule has 0 atom stereocenters. The maximum absolute atomic E-state index is 11.3. The van der Waals surface area contributed by atoms with E-state index < -0.39 is 7.12 Å². The number of carbonyl (C=O) groups excluding carboxylic acids is 1. The smallest absolute Gasteiger partial charge is 0.399 e. The maximum Gasteiger partial charge on any atom is 0.494 e. The Bertz CT molecular complexity index is 662. The van der Waals surface area contributed by atoms with Gasteiger partial charge in [-0.05, 0) is 39.2 Å². The van der Waals surface area contributed by atoms with Gasteiger partial charge in [0, 0.05) is 11.3 Å². The number of amides is 1. The van der Waals surface area contributed by atoms with Gasteiger partial charge in [0.05, 0.1) is 16.6 Å². The van der Waals surface area contributed by atoms with Crippen LogP contribution in [-0.4, -0.2) is 24.2 Å². The number of hydrogen-bond acceptors (Lipinski definition) is 3. The molecule has 1 saturated heterocycles. The lowest BCUT2D eigenvalue weighted by molar-refractivity contribution is -0.112. The first-order chi connectivity index (χ1) is 8.78. The fraction of sp³-hybridized carbons (Fsp3) is 0.429. The molecule has 2 heterocycles. The average molecular weight is 257 g/mol. The molecule has 0 aromatic heterocycles. The number of rotatable bonds is 1. The van der Waals surface area contributed by atoms with Gasteiger partial charge in [0.2, 0.25) is 0 Å². The van der Waals surface area contributed by atoms with E-state index in [9.17, 15) is 4.79 Å². The largest absolute Gasteiger partial charge is 0.494 e. The molecule has 4 nitrogen and oxygen atoms in total. The average Bonchev–Trinajstić information content (AvgIpc) is 2.74. The predicted molar refractivity (Wildman–Crippen MR) is 72.4 cm³/mol. The highest BCUT2D eigenvalue weighted by Gasteiger charge is 2.51. The van der Waals surface area contributed by atoms with Crippen LogP contribution in [0.5, 0.6) is 0 Å². The summed E-state index contributed by atoms with van der Waals surface area (Å²) in [7, 11) is -0.416. The number of benzene rings is 1. The molecule has 0 radical (unpaired) electrons. The van der Waals surface area contributed by atoms with Gasteiger partial charge >= 0.3 is 7.12 Å². The molecule has 3 rings (SSSR count). The zero-order valence-corrected chi connectivity index (χ0v) is 11.6. The lowest BCUT2D eigenvalue weighted by Gasteiger charge is -2.32. The van der Waals surface area contributed by atoms with Crippen LogP contribution in [0.2, 0.25) is 0 Å². The Morgan fingerprint density at radius 2 is 1.74 bits per heavy atom. The van der Waals surface area contributed by atoms with Crippen molar-refractivity contribution in [2.45, 2.75) is 38.9 Å². The van der Waals surface area contributed by atoms with Gasteiger partial charge in [-0.15, -0.1) is 0 Å². The molecule has 19 heavy (non-hydrogen) atoms. The molecule has 1 aromatic rings. The second kappa shape index (κ2) is 3.77. The maximum atomic E-state index is 11.3. The minimum absolute atomic E-state index is 0.207. The van der Waals surface area contributed by atoms with E-state index in [-0.39, 0.29) is 17.1 Å². The summed E-state index contributed by atoms with van der Waals surface area (Å²) in [5.41, 5.74) is 0.162. The minimum atomic E-state index is -0.416. The van der Waals surface area contributed by atoms with Crippen molar-refractivity contribution in [3.63, 3.8) is 0 Å². The van der Waals surface area contributed by atoms with Crippen LogP contribution in [0.4, 0.5) is 0 Å². The summed E-state index contributed by atoms with van der Waals surface area (Å²) < 4.78 is 12.0. The van der Waals surface area contributed by atoms with E-state index in [1.54, 1.807) is 0 Å². The number of hydrogen-bond donors (Lipinski definition) is 0. The normalized spacial score (nSPS) is 22.9. The Balaban J connectivity index is 1.99. The second-order valence-corrected chi connectivity index (χ2v) is 6.00. The monoisotopic (exact) mass is 257 g/mol. The van der Waals surface area contributed by atoms with Gasteiger partial charge in [-0.2, -0.15) is 0 Å². The van der Waals surface area contributed by atoms with Gasteiger partial charge in [0.15, 0.2) is 0 Å². The molecule has 0 N–H and O–H groups in total. The third kappa shape index (κ3) is 1.93. The van der Waals surface area contributed by atoms with E-state index in [0.29, 0.717) is 5.36 Å². The number of nitrogens with zero attached hydrogens (tertiary/aromatic N) is 1. The van der Waals surface area contributed by atoms with E-state index in [4.69, 9.17) is 9.31 Å². The summed E-state index contributed by atoms with van der Waals surface area (Å²) in [5, 5.41) is 1.54. The Hall–Kier alpha value is -1.46. The molecule has 1 fully saturated rings. The van der Waals surface area contributed by atoms with Crippen LogP contribution in [0.25, 0.3) is 6.08 Å². The molecule has 1 amide bonds. The Kier molecular flexibility index (Phi) is 2.50. The Morgan fingerprint density at radius 1 is 1.11 bits per heavy atom. The summed E-state index contributed by atoms with van der Waals surface area (Å²) >= 11 is 0. The van der Waals surface area contributed by atoms with Gasteiger partial charge in [-0.1, -0.05) is 12.1 Å². The SMILES string of the molecule is CC1(C)OB(c2ccc3c(c2)=NC(=O)C=3)OC1(C)C. The van der Waals surface area contributed by atoms with Crippen molar-refractivity contribution in [2.75, 3.05) is 0 Å². The van der Waals surface area contributed by atoms with Crippen LogP contribution in [0, 0.1) is 0 Å². The van der Waals surface area contributed by atoms with Gasteiger partial charge < -0.3 is 9.31 Å². The third-order valence-electron chi connectivity index (χ3n) is 4.09. The molecule has 0 spiro atoms. The van der Waals surface area contributed by atoms with Gasteiger partial charge in [0.25, 0.3) is 5.91 Å². The number of fused-ring (bicyclic) bond motifs is 1. The topological polar surface area (TPSA) is 47.9 Å². The molecule has 0 aliphatic carbocycles. The second-order valence-electron chi connectivity index (χ2n) is 6.00. The lowest BCUT2D eigenvalue weighted by Crippen LogP contribution is -2.41. The summed E-state index contributed by atoms with van der Waals surface area (Å²) in [5.74, 6) is -0.207. The quantitative estimate of drug-likeness (QED) is 0.661. The van der Waals surface area contributed by atoms with Crippen LogP contribution in [-0.2, 0) is 14.1 Å². The zero-order chi connectivity index (χ0) is 13.8. The van der Waals surface area contributed by atoms with E-state index >= 15 is 0 Å². The summed E-state index contributed by atoms with van der Waals surface area (Å²) in [6.07, 6.45) is 1.53. The van der Waals surface area contributed by atoms with Crippen LogP contribution in [0.1, 0.15) is 27.7 Å². The van der Waals surface area contributed by atoms with Crippen molar-refractivity contribution in [3.05, 3.63) is 28.8 Å². The highest BCUT2D eigenvalue weighted by molar-refractivity contribution is 6.62. The first-order valence-electron chi connectivity index (χ1n) is 6.39. The standard InChI is InChI=1S/C14H16BNO3/c1-13(2)14(3,4)19-15(18-13)10-6-5-9-7-12(17)16-11(9)8-10/h5-8H,1-4H3. The first-order valence-corrected chi connectivity index (χ1v) is 6.39. The van der Waals surface area contributed by atoms with Crippen molar-refractivity contribution in [1.29, 1.82) is 0 Å². The predicted octanol–water partition coefficient (Wildman–Crippen LogP) is -0.0739. The molecule has 2 aliphatic rings. The highest BCUT2D eigenvalue weighted by atomic mass is 16.7. The van der Waals surface area contributed by atoms with Crippen molar-refractivity contribution >= 4 is 24.6 Å². The molecule has 98 valence electrons. The molecule has 1 aromatic carbocycles. The Morgan fingerprint density at radius 3 is 2.37 bits per heavy atom. The molecule has 5 heteroatoms. The fourth-order valence-electron chi connectivity index (χ4n) is 2.19. The third-order valence-corrected chi connectivity index (χ3v) is 4.09. The van der Waals surface area contributed by atoms with E-state index in [2.05, 4.69) is 4.99 Å². The molecule has 2 aliphatic heterocycles. The van der Waals surface area contributed by atoms with Crippen LogP contribution >= 0.6 is 0 Å².